The second-order valence-electron chi connectivity index (χ2n) is 9.60. The van der Waals surface area contributed by atoms with Crippen LogP contribution in [0.1, 0.15) is 26.3 Å². The molecule has 1 radical (unpaired) electrons. The number of imidazole rings is 1. The number of hydrogen-bond acceptors (Lipinski definition) is 7. The molecule has 9 heteroatoms. The second kappa shape index (κ2) is 9.13. The van der Waals surface area contributed by atoms with Crippen LogP contribution in [0.15, 0.2) is 43.0 Å². The topological polar surface area (TPSA) is 88.1 Å². The van der Waals surface area contributed by atoms with Gasteiger partial charge in [-0.2, -0.15) is 11.8 Å². The number of benzene rings is 1. The SMILES string of the molecule is C[Si](C)OC[C@]1(n2cnc3c(N)ncnc32)O[C@H](C(C)(C)C)[C@H]1CSCc1ccccc1. The number of hydrogen-bond donors (Lipinski definition) is 1. The van der Waals surface area contributed by atoms with Gasteiger partial charge in [0.05, 0.1) is 19.0 Å². The zero-order chi connectivity index (χ0) is 22.9. The van der Waals surface area contributed by atoms with Crippen LogP contribution in [-0.2, 0) is 20.6 Å². The Hall–Kier alpha value is -1.94. The molecule has 2 aromatic heterocycles. The maximum atomic E-state index is 6.75. The van der Waals surface area contributed by atoms with Crippen molar-refractivity contribution in [2.45, 2.75) is 51.4 Å². The third kappa shape index (κ3) is 4.43. The van der Waals surface area contributed by atoms with E-state index >= 15 is 0 Å². The van der Waals surface area contributed by atoms with E-state index in [0.29, 0.717) is 23.6 Å². The van der Waals surface area contributed by atoms with E-state index < -0.39 is 14.8 Å². The predicted octanol–water partition coefficient (Wildman–Crippen LogP) is 4.32. The highest BCUT2D eigenvalue weighted by molar-refractivity contribution is 7.98. The van der Waals surface area contributed by atoms with Crippen molar-refractivity contribution in [2.24, 2.45) is 11.3 Å². The van der Waals surface area contributed by atoms with Crippen LogP contribution in [0.5, 0.6) is 0 Å². The fraction of sp³-hybridized carbons (Fsp3) is 0.522. The predicted molar refractivity (Wildman–Crippen MR) is 132 cm³/mol. The lowest BCUT2D eigenvalue weighted by Gasteiger charge is -2.59. The number of anilines is 1. The van der Waals surface area contributed by atoms with Crippen LogP contribution >= 0.6 is 11.8 Å². The summed E-state index contributed by atoms with van der Waals surface area (Å²) in [5.41, 5.74) is 8.02. The number of aromatic nitrogens is 4. The minimum atomic E-state index is -0.911. The minimum Gasteiger partial charge on any atom is -0.412 e. The van der Waals surface area contributed by atoms with Crippen LogP contribution in [0.4, 0.5) is 5.82 Å². The molecule has 2 N–H and O–H groups in total. The number of ether oxygens (including phenoxy) is 1. The molecule has 3 heterocycles. The monoisotopic (exact) mass is 470 g/mol. The molecule has 0 amide bonds. The Balaban J connectivity index is 1.68. The molecule has 0 spiro atoms. The summed E-state index contributed by atoms with van der Waals surface area (Å²) in [6.45, 7) is 11.5. The van der Waals surface area contributed by atoms with E-state index in [2.05, 4.69) is 79.1 Å². The second-order valence-corrected chi connectivity index (χ2v) is 12.7. The van der Waals surface area contributed by atoms with Gasteiger partial charge in [-0.25, -0.2) is 15.0 Å². The average molecular weight is 471 g/mol. The molecule has 1 fully saturated rings. The lowest BCUT2D eigenvalue weighted by atomic mass is 9.72. The molecule has 1 aromatic carbocycles. The third-order valence-corrected chi connectivity index (χ3v) is 7.73. The number of fused-ring (bicyclic) bond motifs is 1. The van der Waals surface area contributed by atoms with Crippen molar-refractivity contribution in [3.63, 3.8) is 0 Å². The molecule has 0 aliphatic carbocycles. The third-order valence-electron chi connectivity index (χ3n) is 5.88. The van der Waals surface area contributed by atoms with E-state index in [4.69, 9.17) is 14.9 Å². The summed E-state index contributed by atoms with van der Waals surface area (Å²) in [5.74, 6) is 2.51. The standard InChI is InChI=1S/C23H32N5O2SSi/c1-22(2,3)19-17(12-31-11-16-9-7-6-8-10-16)23(30-19,13-29-32(4)5)28-15-27-18-20(24)25-14-26-21(18)28/h6-10,14-15,17,19H,11-13H2,1-5H3,(H2,24,25,26)/t17-,19+,23+/m1/s1. The Labute approximate surface area is 195 Å². The Bertz CT molecular complexity index is 1060. The van der Waals surface area contributed by atoms with E-state index in [9.17, 15) is 0 Å². The van der Waals surface area contributed by atoms with Crippen molar-refractivity contribution in [1.29, 1.82) is 0 Å². The molecule has 7 nitrogen and oxygen atoms in total. The number of nitrogens with zero attached hydrogens (tertiary/aromatic N) is 4. The van der Waals surface area contributed by atoms with Crippen LogP contribution in [0.2, 0.25) is 13.1 Å². The molecule has 1 aliphatic heterocycles. The highest BCUT2D eigenvalue weighted by atomic mass is 32.2. The molecule has 0 saturated carbocycles. The molecule has 32 heavy (non-hydrogen) atoms. The van der Waals surface area contributed by atoms with Gasteiger partial charge in [-0.3, -0.25) is 4.57 Å². The number of nitrogens with two attached hydrogens (primary N) is 1. The summed E-state index contributed by atoms with van der Waals surface area (Å²) in [6, 6.07) is 10.6. The Kier molecular flexibility index (Phi) is 6.62. The summed E-state index contributed by atoms with van der Waals surface area (Å²) >= 11 is 1.93. The van der Waals surface area contributed by atoms with Crippen molar-refractivity contribution in [3.8, 4) is 0 Å². The van der Waals surface area contributed by atoms with Crippen LogP contribution in [-0.4, -0.2) is 47.0 Å². The van der Waals surface area contributed by atoms with Gasteiger partial charge in [0.25, 0.3) is 0 Å². The first kappa shape index (κ1) is 23.2. The molecular formula is C23H32N5O2SSi. The van der Waals surface area contributed by atoms with Gasteiger partial charge in [0.1, 0.15) is 11.8 Å². The van der Waals surface area contributed by atoms with Gasteiger partial charge in [-0.05, 0) is 24.1 Å². The van der Waals surface area contributed by atoms with Crippen molar-refractivity contribution in [3.05, 3.63) is 48.5 Å². The molecule has 1 saturated heterocycles. The Morgan fingerprint density at radius 3 is 2.62 bits per heavy atom. The zero-order valence-electron chi connectivity index (χ0n) is 19.4. The van der Waals surface area contributed by atoms with Gasteiger partial charge in [-0.1, -0.05) is 51.1 Å². The Morgan fingerprint density at radius 2 is 1.94 bits per heavy atom. The summed E-state index contributed by atoms with van der Waals surface area (Å²) in [5, 5.41) is 0. The highest BCUT2D eigenvalue weighted by Gasteiger charge is 2.60. The van der Waals surface area contributed by atoms with E-state index in [1.807, 2.05) is 16.3 Å². The van der Waals surface area contributed by atoms with Gasteiger partial charge in [-0.15, -0.1) is 0 Å². The highest BCUT2D eigenvalue weighted by Crippen LogP contribution is 2.52. The first-order valence-corrected chi connectivity index (χ1v) is 14.4. The molecule has 1 aliphatic rings. The molecule has 0 bridgehead atoms. The van der Waals surface area contributed by atoms with Crippen molar-refractivity contribution < 1.29 is 9.16 Å². The van der Waals surface area contributed by atoms with Crippen LogP contribution in [0.3, 0.4) is 0 Å². The molecule has 0 unspecified atom stereocenters. The fourth-order valence-corrected chi connectivity index (χ4v) is 5.98. The van der Waals surface area contributed by atoms with Crippen molar-refractivity contribution >= 4 is 37.8 Å². The van der Waals surface area contributed by atoms with Crippen molar-refractivity contribution in [1.82, 2.24) is 19.5 Å². The normalized spacial score (nSPS) is 23.6. The first-order chi connectivity index (χ1) is 15.2. The van der Waals surface area contributed by atoms with E-state index in [1.54, 1.807) is 6.33 Å². The summed E-state index contributed by atoms with van der Waals surface area (Å²) in [6.07, 6.45) is 3.36. The van der Waals surface area contributed by atoms with Crippen molar-refractivity contribution in [2.75, 3.05) is 18.1 Å². The van der Waals surface area contributed by atoms with E-state index in [0.717, 1.165) is 11.5 Å². The van der Waals surface area contributed by atoms with Gasteiger partial charge in [0.15, 0.2) is 17.2 Å². The molecule has 4 rings (SSSR count). The molecule has 171 valence electrons. The smallest absolute Gasteiger partial charge is 0.205 e. The number of rotatable bonds is 8. The minimum absolute atomic E-state index is 0.00190. The van der Waals surface area contributed by atoms with Crippen LogP contribution < -0.4 is 5.73 Å². The quantitative estimate of drug-likeness (QED) is 0.490. The maximum absolute atomic E-state index is 6.75. The van der Waals surface area contributed by atoms with Gasteiger partial charge in [0.2, 0.25) is 9.04 Å². The Morgan fingerprint density at radius 1 is 1.19 bits per heavy atom. The lowest BCUT2D eigenvalue weighted by molar-refractivity contribution is -0.336. The molecule has 3 aromatic rings. The van der Waals surface area contributed by atoms with Gasteiger partial charge < -0.3 is 14.9 Å². The van der Waals surface area contributed by atoms with Crippen LogP contribution in [0.25, 0.3) is 11.2 Å². The maximum Gasteiger partial charge on any atom is 0.205 e. The number of thioether (sulfide) groups is 1. The zero-order valence-corrected chi connectivity index (χ0v) is 21.2. The van der Waals surface area contributed by atoms with E-state index in [-0.39, 0.29) is 17.4 Å². The summed E-state index contributed by atoms with van der Waals surface area (Å²) < 4.78 is 15.0. The fourth-order valence-electron chi connectivity index (χ4n) is 4.25. The van der Waals surface area contributed by atoms with E-state index in [1.165, 1.54) is 11.9 Å². The average Bonchev–Trinajstić information content (AvgIpc) is 3.16. The number of nitrogen functional groups attached to an aromatic ring is 1. The van der Waals surface area contributed by atoms with Crippen LogP contribution in [0, 0.1) is 11.3 Å². The first-order valence-electron chi connectivity index (χ1n) is 10.9. The molecular weight excluding hydrogens is 438 g/mol. The van der Waals surface area contributed by atoms with Gasteiger partial charge in [0, 0.05) is 17.4 Å². The molecule has 3 atom stereocenters. The summed E-state index contributed by atoms with van der Waals surface area (Å²) in [4.78, 5) is 13.1. The lowest BCUT2D eigenvalue weighted by Crippen LogP contribution is -2.68. The summed E-state index contributed by atoms with van der Waals surface area (Å²) in [7, 11) is -0.911. The largest absolute Gasteiger partial charge is 0.412 e. The van der Waals surface area contributed by atoms with Gasteiger partial charge >= 0.3 is 0 Å².